The van der Waals surface area contributed by atoms with Crippen LogP contribution in [0.1, 0.15) is 25.8 Å². The van der Waals surface area contributed by atoms with Gasteiger partial charge in [-0.05, 0) is 30.0 Å². The molecule has 1 amide bonds. The molecule has 128 valence electrons. The molecule has 1 aliphatic rings. The van der Waals surface area contributed by atoms with Crippen molar-refractivity contribution in [2.75, 3.05) is 26.2 Å². The van der Waals surface area contributed by atoms with E-state index in [0.717, 1.165) is 18.7 Å². The van der Waals surface area contributed by atoms with E-state index in [2.05, 4.69) is 18.7 Å². The van der Waals surface area contributed by atoms with Crippen LogP contribution in [0.2, 0.25) is 5.02 Å². The quantitative estimate of drug-likeness (QED) is 0.895. The van der Waals surface area contributed by atoms with Gasteiger partial charge in [-0.3, -0.25) is 9.69 Å². The summed E-state index contributed by atoms with van der Waals surface area (Å²) >= 11 is 6.07. The summed E-state index contributed by atoms with van der Waals surface area (Å²) in [5.74, 6) is 0.127. The molecule has 0 aromatic heterocycles. The van der Waals surface area contributed by atoms with E-state index in [-0.39, 0.29) is 11.7 Å². The topological polar surface area (TPSA) is 49.6 Å². The molecule has 6 heteroatoms. The SMILES string of the molecule is CC(C)C[C@H](N)C(=O)N1CCN(Cc2ccc(F)cc2Cl)CC1. The van der Waals surface area contributed by atoms with Crippen molar-refractivity contribution in [2.45, 2.75) is 32.9 Å². The molecule has 1 aliphatic heterocycles. The van der Waals surface area contributed by atoms with E-state index in [9.17, 15) is 9.18 Å². The molecule has 0 unspecified atom stereocenters. The zero-order chi connectivity index (χ0) is 17.0. The Morgan fingerprint density at radius 1 is 1.30 bits per heavy atom. The zero-order valence-corrected chi connectivity index (χ0v) is 14.5. The van der Waals surface area contributed by atoms with Gasteiger partial charge in [0.1, 0.15) is 5.82 Å². The Morgan fingerprint density at radius 3 is 2.52 bits per heavy atom. The summed E-state index contributed by atoms with van der Waals surface area (Å²) in [6.45, 7) is 7.68. The van der Waals surface area contributed by atoms with Crippen LogP contribution in [0, 0.1) is 11.7 Å². The standard InChI is InChI=1S/C17H25ClFN3O/c1-12(2)9-16(20)17(23)22-7-5-21(6-8-22)11-13-3-4-14(19)10-15(13)18/h3-4,10,12,16H,5-9,11,20H2,1-2H3/t16-/m0/s1. The number of nitrogens with zero attached hydrogens (tertiary/aromatic N) is 2. The monoisotopic (exact) mass is 341 g/mol. The second kappa shape index (κ2) is 8.08. The molecule has 2 rings (SSSR count). The van der Waals surface area contributed by atoms with Crippen LogP contribution in [-0.4, -0.2) is 47.9 Å². The smallest absolute Gasteiger partial charge is 0.239 e. The highest BCUT2D eigenvalue weighted by molar-refractivity contribution is 6.31. The number of piperazine rings is 1. The summed E-state index contributed by atoms with van der Waals surface area (Å²) in [5, 5.41) is 0.447. The van der Waals surface area contributed by atoms with Crippen LogP contribution in [-0.2, 0) is 11.3 Å². The molecule has 1 atom stereocenters. The second-order valence-electron chi connectivity index (χ2n) is 6.57. The number of benzene rings is 1. The predicted octanol–water partition coefficient (Wildman–Crippen LogP) is 2.50. The summed E-state index contributed by atoms with van der Waals surface area (Å²) in [6.07, 6.45) is 0.713. The first kappa shape index (κ1) is 18.2. The van der Waals surface area contributed by atoms with Gasteiger partial charge in [-0.25, -0.2) is 4.39 Å². The lowest BCUT2D eigenvalue weighted by molar-refractivity contribution is -0.134. The van der Waals surface area contributed by atoms with E-state index < -0.39 is 6.04 Å². The average molecular weight is 342 g/mol. The molecule has 4 nitrogen and oxygen atoms in total. The Morgan fingerprint density at radius 2 is 1.96 bits per heavy atom. The Labute approximate surface area is 142 Å². The fourth-order valence-corrected chi connectivity index (χ4v) is 3.09. The summed E-state index contributed by atoms with van der Waals surface area (Å²) in [6, 6.07) is 4.06. The number of hydrogen-bond donors (Lipinski definition) is 1. The number of amides is 1. The molecule has 1 fully saturated rings. The van der Waals surface area contributed by atoms with Crippen molar-refractivity contribution in [1.29, 1.82) is 0 Å². The van der Waals surface area contributed by atoms with Gasteiger partial charge in [0.05, 0.1) is 6.04 Å². The molecule has 2 N–H and O–H groups in total. The molecule has 0 bridgehead atoms. The van der Waals surface area contributed by atoms with Gasteiger partial charge in [0.25, 0.3) is 0 Å². The molecule has 0 saturated carbocycles. The Bertz CT molecular complexity index is 545. The highest BCUT2D eigenvalue weighted by Crippen LogP contribution is 2.20. The fourth-order valence-electron chi connectivity index (χ4n) is 2.86. The molecule has 1 saturated heterocycles. The van der Waals surface area contributed by atoms with Crippen molar-refractivity contribution in [2.24, 2.45) is 11.7 Å². The number of halogens is 2. The first-order valence-electron chi connectivity index (χ1n) is 8.07. The van der Waals surface area contributed by atoms with Gasteiger partial charge >= 0.3 is 0 Å². The molecular weight excluding hydrogens is 317 g/mol. The van der Waals surface area contributed by atoms with Crippen molar-refractivity contribution in [3.05, 3.63) is 34.6 Å². The normalized spacial score (nSPS) is 17.6. The lowest BCUT2D eigenvalue weighted by Gasteiger charge is -2.36. The third-order valence-corrected chi connectivity index (χ3v) is 4.49. The van der Waals surface area contributed by atoms with Crippen molar-refractivity contribution in [3.8, 4) is 0 Å². The third kappa shape index (κ3) is 5.16. The van der Waals surface area contributed by atoms with Gasteiger partial charge in [0, 0.05) is 37.7 Å². The van der Waals surface area contributed by atoms with Gasteiger partial charge in [0.2, 0.25) is 5.91 Å². The fraction of sp³-hybridized carbons (Fsp3) is 0.588. The van der Waals surface area contributed by atoms with Crippen LogP contribution < -0.4 is 5.73 Å². The highest BCUT2D eigenvalue weighted by Gasteiger charge is 2.25. The van der Waals surface area contributed by atoms with Crippen molar-refractivity contribution in [1.82, 2.24) is 9.80 Å². The van der Waals surface area contributed by atoms with E-state index in [1.807, 2.05) is 4.90 Å². The highest BCUT2D eigenvalue weighted by atomic mass is 35.5. The lowest BCUT2D eigenvalue weighted by Crippen LogP contribution is -2.53. The van der Waals surface area contributed by atoms with Crippen LogP contribution in [0.5, 0.6) is 0 Å². The largest absolute Gasteiger partial charge is 0.339 e. The molecule has 1 aromatic rings. The molecular formula is C17H25ClFN3O. The molecule has 1 aromatic carbocycles. The lowest BCUT2D eigenvalue weighted by atomic mass is 10.0. The maximum Gasteiger partial charge on any atom is 0.239 e. The van der Waals surface area contributed by atoms with E-state index in [1.165, 1.54) is 12.1 Å². The van der Waals surface area contributed by atoms with Gasteiger partial charge < -0.3 is 10.6 Å². The van der Waals surface area contributed by atoms with E-state index in [1.54, 1.807) is 6.07 Å². The van der Waals surface area contributed by atoms with Gasteiger partial charge in [-0.1, -0.05) is 31.5 Å². The minimum Gasteiger partial charge on any atom is -0.339 e. The maximum atomic E-state index is 13.1. The summed E-state index contributed by atoms with van der Waals surface area (Å²) in [4.78, 5) is 16.4. The average Bonchev–Trinajstić information content (AvgIpc) is 2.49. The van der Waals surface area contributed by atoms with Gasteiger partial charge in [0.15, 0.2) is 0 Å². The number of carbonyl (C=O) groups excluding carboxylic acids is 1. The Balaban J connectivity index is 1.85. The Hall–Kier alpha value is -1.17. The molecule has 0 spiro atoms. The zero-order valence-electron chi connectivity index (χ0n) is 13.8. The minimum absolute atomic E-state index is 0.0400. The number of carbonyl (C=O) groups is 1. The third-order valence-electron chi connectivity index (χ3n) is 4.14. The van der Waals surface area contributed by atoms with Crippen LogP contribution in [0.25, 0.3) is 0 Å². The number of rotatable bonds is 5. The second-order valence-corrected chi connectivity index (χ2v) is 6.98. The number of hydrogen-bond acceptors (Lipinski definition) is 3. The first-order valence-corrected chi connectivity index (χ1v) is 8.45. The predicted molar refractivity (Wildman–Crippen MR) is 90.7 cm³/mol. The van der Waals surface area contributed by atoms with Gasteiger partial charge in [-0.2, -0.15) is 0 Å². The maximum absolute atomic E-state index is 13.1. The van der Waals surface area contributed by atoms with Crippen LogP contribution in [0.3, 0.4) is 0 Å². The van der Waals surface area contributed by atoms with Crippen molar-refractivity contribution < 1.29 is 9.18 Å². The minimum atomic E-state index is -0.409. The molecule has 0 radical (unpaired) electrons. The molecule has 1 heterocycles. The summed E-state index contributed by atoms with van der Waals surface area (Å²) in [5.41, 5.74) is 6.89. The van der Waals surface area contributed by atoms with Crippen LogP contribution in [0.15, 0.2) is 18.2 Å². The summed E-state index contributed by atoms with van der Waals surface area (Å²) < 4.78 is 13.1. The van der Waals surface area contributed by atoms with E-state index in [0.29, 0.717) is 37.0 Å². The first-order chi connectivity index (χ1) is 10.9. The Kier molecular flexibility index (Phi) is 6.39. The molecule has 0 aliphatic carbocycles. The van der Waals surface area contributed by atoms with E-state index >= 15 is 0 Å². The number of nitrogens with two attached hydrogens (primary N) is 1. The van der Waals surface area contributed by atoms with E-state index in [4.69, 9.17) is 17.3 Å². The van der Waals surface area contributed by atoms with Crippen LogP contribution in [0.4, 0.5) is 4.39 Å². The van der Waals surface area contributed by atoms with Crippen molar-refractivity contribution in [3.63, 3.8) is 0 Å². The summed E-state index contributed by atoms with van der Waals surface area (Å²) in [7, 11) is 0. The van der Waals surface area contributed by atoms with Crippen LogP contribution >= 0.6 is 11.6 Å². The van der Waals surface area contributed by atoms with Crippen molar-refractivity contribution >= 4 is 17.5 Å². The molecule has 23 heavy (non-hydrogen) atoms. The van der Waals surface area contributed by atoms with Gasteiger partial charge in [-0.15, -0.1) is 0 Å².